The molecule has 0 heterocycles. The van der Waals surface area contributed by atoms with Crippen LogP contribution in [0.25, 0.3) is 10.8 Å². The predicted octanol–water partition coefficient (Wildman–Crippen LogP) is 8.38. The van der Waals surface area contributed by atoms with E-state index in [9.17, 15) is 14.4 Å². The Bertz CT molecular complexity index is 2060. The third-order valence-corrected chi connectivity index (χ3v) is 8.49. The van der Waals surface area contributed by atoms with Crippen LogP contribution in [0.15, 0.2) is 152 Å². The SMILES string of the molecule is COC(=O)C(Cc1ccc(OCCCN(C(=O)c2ccc3ccccc3c2)c2ccccc2)cc1)Nc1ccccc1C(=O)c1ccccc1. The number of anilines is 2. The zero-order valence-corrected chi connectivity index (χ0v) is 27.8. The molecular formula is C43H38N2O5. The standard InChI is InChI=1S/C43H38N2O5/c1-49-43(48)40(44-39-20-11-10-19-38(39)41(46)33-14-4-2-5-15-33)29-31-21-25-37(26-22-31)50-28-12-27-45(36-17-6-3-7-18-36)42(47)35-24-23-32-13-8-9-16-34(32)30-35/h2-11,13-26,30,40,44H,12,27-29H2,1H3. The highest BCUT2D eigenvalue weighted by molar-refractivity contribution is 6.12. The van der Waals surface area contributed by atoms with Crippen LogP contribution in [0.2, 0.25) is 0 Å². The number of fused-ring (bicyclic) bond motifs is 1. The number of carbonyl (C=O) groups is 3. The summed E-state index contributed by atoms with van der Waals surface area (Å²) in [5.41, 5.74) is 3.95. The number of amides is 1. The van der Waals surface area contributed by atoms with E-state index < -0.39 is 12.0 Å². The normalized spacial score (nSPS) is 11.4. The Morgan fingerprint density at radius 2 is 1.34 bits per heavy atom. The zero-order chi connectivity index (χ0) is 34.7. The number of benzene rings is 6. The van der Waals surface area contributed by atoms with Crippen LogP contribution in [0.4, 0.5) is 11.4 Å². The summed E-state index contributed by atoms with van der Waals surface area (Å²) < 4.78 is 11.2. The summed E-state index contributed by atoms with van der Waals surface area (Å²) in [6, 6.07) is 46.5. The van der Waals surface area contributed by atoms with Crippen molar-refractivity contribution >= 4 is 39.8 Å². The number of ketones is 1. The van der Waals surface area contributed by atoms with Gasteiger partial charge >= 0.3 is 5.97 Å². The Morgan fingerprint density at radius 3 is 2.08 bits per heavy atom. The van der Waals surface area contributed by atoms with Gasteiger partial charge in [-0.15, -0.1) is 0 Å². The number of esters is 1. The number of methoxy groups -OCH3 is 1. The Hall–Kier alpha value is -6.21. The molecule has 1 amide bonds. The minimum Gasteiger partial charge on any atom is -0.494 e. The van der Waals surface area contributed by atoms with E-state index in [1.165, 1.54) is 7.11 Å². The van der Waals surface area contributed by atoms with Crippen LogP contribution in [-0.4, -0.2) is 44.0 Å². The van der Waals surface area contributed by atoms with Crippen molar-refractivity contribution in [3.63, 3.8) is 0 Å². The first-order valence-electron chi connectivity index (χ1n) is 16.6. The number of ether oxygens (including phenoxy) is 2. The Balaban J connectivity index is 1.08. The molecule has 0 aliphatic heterocycles. The lowest BCUT2D eigenvalue weighted by Crippen LogP contribution is -2.33. The molecule has 6 aromatic rings. The number of nitrogens with zero attached hydrogens (tertiary/aromatic N) is 1. The van der Waals surface area contributed by atoms with E-state index in [0.717, 1.165) is 22.0 Å². The lowest BCUT2D eigenvalue weighted by atomic mass is 10.00. The first kappa shape index (κ1) is 33.7. The molecule has 6 aromatic carbocycles. The van der Waals surface area contributed by atoms with Crippen LogP contribution in [0.1, 0.15) is 38.3 Å². The fourth-order valence-corrected chi connectivity index (χ4v) is 5.88. The first-order chi connectivity index (χ1) is 24.5. The van der Waals surface area contributed by atoms with E-state index in [1.807, 2.05) is 121 Å². The Labute approximate surface area is 292 Å². The molecule has 0 saturated carbocycles. The summed E-state index contributed by atoms with van der Waals surface area (Å²) in [7, 11) is 1.35. The summed E-state index contributed by atoms with van der Waals surface area (Å²) in [5, 5.41) is 5.36. The second kappa shape index (κ2) is 16.3. The first-order valence-corrected chi connectivity index (χ1v) is 16.6. The van der Waals surface area contributed by atoms with Gasteiger partial charge in [-0.3, -0.25) is 9.59 Å². The molecule has 1 N–H and O–H groups in total. The Morgan fingerprint density at radius 1 is 0.680 bits per heavy atom. The fourth-order valence-electron chi connectivity index (χ4n) is 5.88. The quantitative estimate of drug-likeness (QED) is 0.0717. The van der Waals surface area contributed by atoms with Gasteiger partial charge in [0.25, 0.3) is 5.91 Å². The predicted molar refractivity (Wildman–Crippen MR) is 198 cm³/mol. The van der Waals surface area contributed by atoms with Crippen molar-refractivity contribution in [2.24, 2.45) is 0 Å². The minimum atomic E-state index is -0.722. The van der Waals surface area contributed by atoms with Gasteiger partial charge in [-0.05, 0) is 71.3 Å². The molecule has 0 aromatic heterocycles. The highest BCUT2D eigenvalue weighted by Crippen LogP contribution is 2.24. The van der Waals surface area contributed by atoms with Crippen molar-refractivity contribution in [1.29, 1.82) is 0 Å². The van der Waals surface area contributed by atoms with Crippen LogP contribution in [-0.2, 0) is 16.0 Å². The van der Waals surface area contributed by atoms with Gasteiger partial charge in [-0.25, -0.2) is 4.79 Å². The lowest BCUT2D eigenvalue weighted by Gasteiger charge is -2.23. The average Bonchev–Trinajstić information content (AvgIpc) is 3.18. The van der Waals surface area contributed by atoms with Crippen molar-refractivity contribution in [2.45, 2.75) is 18.9 Å². The highest BCUT2D eigenvalue weighted by Gasteiger charge is 2.23. The third kappa shape index (κ3) is 8.25. The number of para-hydroxylation sites is 2. The molecule has 0 aliphatic rings. The maximum atomic E-state index is 13.7. The molecule has 1 atom stereocenters. The van der Waals surface area contributed by atoms with Crippen molar-refractivity contribution in [2.75, 3.05) is 30.5 Å². The molecule has 6 rings (SSSR count). The molecule has 50 heavy (non-hydrogen) atoms. The summed E-state index contributed by atoms with van der Waals surface area (Å²) >= 11 is 0. The summed E-state index contributed by atoms with van der Waals surface area (Å²) in [5.74, 6) is 0.0478. The second-order valence-corrected chi connectivity index (χ2v) is 11.9. The molecule has 0 bridgehead atoms. The van der Waals surface area contributed by atoms with Gasteiger partial charge in [-0.1, -0.05) is 103 Å². The highest BCUT2D eigenvalue weighted by atomic mass is 16.5. The average molecular weight is 663 g/mol. The van der Waals surface area contributed by atoms with Gasteiger partial charge in [0.1, 0.15) is 11.8 Å². The second-order valence-electron chi connectivity index (χ2n) is 11.9. The summed E-state index contributed by atoms with van der Waals surface area (Å²) in [4.78, 5) is 41.6. The van der Waals surface area contributed by atoms with Gasteiger partial charge < -0.3 is 19.7 Å². The van der Waals surface area contributed by atoms with Crippen molar-refractivity contribution in [3.8, 4) is 5.75 Å². The third-order valence-electron chi connectivity index (χ3n) is 8.49. The van der Waals surface area contributed by atoms with Crippen molar-refractivity contribution in [1.82, 2.24) is 0 Å². The maximum absolute atomic E-state index is 13.7. The maximum Gasteiger partial charge on any atom is 0.328 e. The van der Waals surface area contributed by atoms with Crippen LogP contribution in [0.5, 0.6) is 5.75 Å². The number of hydrogen-bond acceptors (Lipinski definition) is 6. The fraction of sp³-hybridized carbons (Fsp3) is 0.140. The summed E-state index contributed by atoms with van der Waals surface area (Å²) in [6.45, 7) is 0.890. The lowest BCUT2D eigenvalue weighted by molar-refractivity contribution is -0.141. The van der Waals surface area contributed by atoms with E-state index in [-0.39, 0.29) is 11.7 Å². The molecule has 250 valence electrons. The number of hydrogen-bond donors (Lipinski definition) is 1. The largest absolute Gasteiger partial charge is 0.494 e. The minimum absolute atomic E-state index is 0.0628. The molecule has 0 radical (unpaired) electrons. The molecule has 0 spiro atoms. The van der Waals surface area contributed by atoms with Gasteiger partial charge in [0.15, 0.2) is 5.78 Å². The van der Waals surface area contributed by atoms with Crippen LogP contribution < -0.4 is 15.0 Å². The van der Waals surface area contributed by atoms with Crippen LogP contribution in [0, 0.1) is 0 Å². The van der Waals surface area contributed by atoms with Gasteiger partial charge in [0.05, 0.1) is 13.7 Å². The van der Waals surface area contributed by atoms with Crippen molar-refractivity contribution < 1.29 is 23.9 Å². The van der Waals surface area contributed by atoms with Gasteiger partial charge in [0.2, 0.25) is 0 Å². The monoisotopic (exact) mass is 662 g/mol. The number of nitrogens with one attached hydrogen (secondary N) is 1. The Kier molecular flexibility index (Phi) is 11.0. The van der Waals surface area contributed by atoms with E-state index in [2.05, 4.69) is 5.32 Å². The van der Waals surface area contributed by atoms with E-state index in [4.69, 9.17) is 9.47 Å². The van der Waals surface area contributed by atoms with Crippen molar-refractivity contribution in [3.05, 3.63) is 174 Å². The summed E-state index contributed by atoms with van der Waals surface area (Å²) in [6.07, 6.45) is 0.954. The van der Waals surface area contributed by atoms with Gasteiger partial charge in [0, 0.05) is 41.0 Å². The van der Waals surface area contributed by atoms with Crippen LogP contribution in [0.3, 0.4) is 0 Å². The molecule has 0 aliphatic carbocycles. The van der Waals surface area contributed by atoms with Gasteiger partial charge in [-0.2, -0.15) is 0 Å². The molecule has 7 nitrogen and oxygen atoms in total. The number of carbonyl (C=O) groups excluding carboxylic acids is 3. The molecule has 7 heteroatoms. The molecule has 0 fully saturated rings. The van der Waals surface area contributed by atoms with Crippen LogP contribution >= 0.6 is 0 Å². The van der Waals surface area contributed by atoms with E-state index in [1.54, 1.807) is 35.2 Å². The van der Waals surface area contributed by atoms with E-state index >= 15 is 0 Å². The molecule has 0 saturated heterocycles. The van der Waals surface area contributed by atoms with E-state index in [0.29, 0.717) is 54.1 Å². The smallest absolute Gasteiger partial charge is 0.328 e. The topological polar surface area (TPSA) is 84.9 Å². The zero-order valence-electron chi connectivity index (χ0n) is 27.8. The number of rotatable bonds is 14. The molecule has 1 unspecified atom stereocenters. The molecular weight excluding hydrogens is 624 g/mol.